The minimum absolute atomic E-state index is 0.0103. The Labute approximate surface area is 141 Å². The molecule has 0 amide bonds. The number of carbonyl (C=O) groups is 1. The van der Waals surface area contributed by atoms with E-state index in [1.807, 2.05) is 0 Å². The van der Waals surface area contributed by atoms with Crippen LogP contribution in [0.15, 0.2) is 23.3 Å². The first-order valence-corrected chi connectivity index (χ1v) is 9.17. The van der Waals surface area contributed by atoms with Gasteiger partial charge in [-0.25, -0.2) is 0 Å². The largest absolute Gasteiger partial charge is 0.469 e. The van der Waals surface area contributed by atoms with Crippen LogP contribution in [-0.4, -0.2) is 13.1 Å². The van der Waals surface area contributed by atoms with Crippen molar-refractivity contribution >= 4 is 5.97 Å². The molecule has 2 heteroatoms. The van der Waals surface area contributed by atoms with Gasteiger partial charge in [-0.2, -0.15) is 0 Å². The number of rotatable bonds is 1. The normalized spacial score (nSPS) is 42.0. The fourth-order valence-electron chi connectivity index (χ4n) is 5.88. The molecule has 0 saturated carbocycles. The molecular formula is C21H32O2. The summed E-state index contributed by atoms with van der Waals surface area (Å²) in [4.78, 5) is 12.6. The standard InChI is InChI=1S/C21H32O2/c1-14-9-12-20(4)16-8-7-11-19(2,3)15(16)10-13-21(20,5)17(14)18(22)23-6/h9,12,14,17H,7-8,10-11,13H2,1-6H3/t14-,17-,20-,21-/m0/s1. The SMILES string of the molecule is COC(=O)[C@@H]1[C@@H](C)C=C[C@@]2(C)C3=C(CC[C@@]12C)C(C)(C)CCC3. The van der Waals surface area contributed by atoms with Crippen LogP contribution in [-0.2, 0) is 9.53 Å². The quantitative estimate of drug-likeness (QED) is 0.485. The van der Waals surface area contributed by atoms with Gasteiger partial charge in [0.05, 0.1) is 13.0 Å². The molecule has 0 spiro atoms. The van der Waals surface area contributed by atoms with Gasteiger partial charge in [-0.1, -0.05) is 57.9 Å². The van der Waals surface area contributed by atoms with Crippen molar-refractivity contribution in [2.24, 2.45) is 28.1 Å². The second-order valence-corrected chi connectivity index (χ2v) is 9.03. The summed E-state index contributed by atoms with van der Waals surface area (Å²) in [5.41, 5.74) is 3.56. The number of allylic oxidation sites excluding steroid dienone is 4. The Kier molecular flexibility index (Phi) is 3.82. The number of carbonyl (C=O) groups excluding carboxylic acids is 1. The predicted molar refractivity (Wildman–Crippen MR) is 93.9 cm³/mol. The lowest BCUT2D eigenvalue weighted by atomic mass is 9.44. The third-order valence-electron chi connectivity index (χ3n) is 7.52. The average molecular weight is 316 g/mol. The number of hydrogen-bond donors (Lipinski definition) is 0. The Hall–Kier alpha value is -1.05. The van der Waals surface area contributed by atoms with E-state index in [0.29, 0.717) is 5.41 Å². The maximum atomic E-state index is 12.6. The highest BCUT2D eigenvalue weighted by Gasteiger charge is 2.59. The maximum absolute atomic E-state index is 12.6. The summed E-state index contributed by atoms with van der Waals surface area (Å²) >= 11 is 0. The van der Waals surface area contributed by atoms with Gasteiger partial charge < -0.3 is 4.74 Å². The van der Waals surface area contributed by atoms with Crippen molar-refractivity contribution < 1.29 is 9.53 Å². The zero-order valence-corrected chi connectivity index (χ0v) is 15.7. The van der Waals surface area contributed by atoms with Crippen molar-refractivity contribution in [3.8, 4) is 0 Å². The minimum Gasteiger partial charge on any atom is -0.469 e. The highest BCUT2D eigenvalue weighted by atomic mass is 16.5. The lowest BCUT2D eigenvalue weighted by Crippen LogP contribution is -2.54. The molecule has 0 aliphatic heterocycles. The van der Waals surface area contributed by atoms with Gasteiger partial charge in [0.1, 0.15) is 0 Å². The van der Waals surface area contributed by atoms with Gasteiger partial charge in [0.2, 0.25) is 0 Å². The molecule has 0 heterocycles. The number of ether oxygens (including phenoxy) is 1. The lowest BCUT2D eigenvalue weighted by molar-refractivity contribution is -0.157. The smallest absolute Gasteiger partial charge is 0.309 e. The van der Waals surface area contributed by atoms with E-state index in [-0.39, 0.29) is 28.6 Å². The Morgan fingerprint density at radius 1 is 1.13 bits per heavy atom. The van der Waals surface area contributed by atoms with E-state index in [1.165, 1.54) is 26.4 Å². The summed E-state index contributed by atoms with van der Waals surface area (Å²) in [5, 5.41) is 0. The number of fused-ring (bicyclic) bond motifs is 2. The van der Waals surface area contributed by atoms with Crippen molar-refractivity contribution in [1.82, 2.24) is 0 Å². The molecule has 0 saturated heterocycles. The summed E-state index contributed by atoms with van der Waals surface area (Å²) < 4.78 is 5.21. The molecular weight excluding hydrogens is 284 g/mol. The molecule has 3 aliphatic rings. The Bertz CT molecular complexity index is 583. The van der Waals surface area contributed by atoms with Crippen LogP contribution in [0.1, 0.15) is 66.7 Å². The lowest BCUT2D eigenvalue weighted by Gasteiger charge is -2.59. The van der Waals surface area contributed by atoms with Gasteiger partial charge in [-0.05, 0) is 48.9 Å². The van der Waals surface area contributed by atoms with Crippen LogP contribution in [0.3, 0.4) is 0 Å². The van der Waals surface area contributed by atoms with Gasteiger partial charge in [0, 0.05) is 5.41 Å². The zero-order chi connectivity index (χ0) is 17.0. The van der Waals surface area contributed by atoms with Crippen molar-refractivity contribution in [2.75, 3.05) is 7.11 Å². The maximum Gasteiger partial charge on any atom is 0.309 e. The van der Waals surface area contributed by atoms with Crippen LogP contribution in [0.25, 0.3) is 0 Å². The monoisotopic (exact) mass is 316 g/mol. The van der Waals surface area contributed by atoms with Gasteiger partial charge >= 0.3 is 5.97 Å². The molecule has 2 nitrogen and oxygen atoms in total. The summed E-state index contributed by atoms with van der Waals surface area (Å²) in [6.07, 6.45) is 10.7. The molecule has 3 aliphatic carbocycles. The van der Waals surface area contributed by atoms with E-state index in [9.17, 15) is 4.79 Å². The Balaban J connectivity index is 2.17. The van der Waals surface area contributed by atoms with Crippen molar-refractivity contribution in [2.45, 2.75) is 66.7 Å². The molecule has 0 radical (unpaired) electrons. The fourth-order valence-corrected chi connectivity index (χ4v) is 5.88. The van der Waals surface area contributed by atoms with Gasteiger partial charge in [-0.3, -0.25) is 4.79 Å². The van der Waals surface area contributed by atoms with Crippen LogP contribution < -0.4 is 0 Å². The summed E-state index contributed by atoms with van der Waals surface area (Å²) in [6.45, 7) is 11.7. The second kappa shape index (κ2) is 5.22. The number of esters is 1. The molecule has 0 aromatic carbocycles. The zero-order valence-electron chi connectivity index (χ0n) is 15.7. The number of methoxy groups -OCH3 is 1. The van der Waals surface area contributed by atoms with E-state index in [2.05, 4.69) is 46.8 Å². The highest BCUT2D eigenvalue weighted by Crippen LogP contribution is 2.65. The van der Waals surface area contributed by atoms with Crippen LogP contribution in [0, 0.1) is 28.1 Å². The third kappa shape index (κ3) is 2.16. The molecule has 0 fully saturated rings. The molecule has 0 unspecified atom stereocenters. The van der Waals surface area contributed by atoms with Crippen LogP contribution >= 0.6 is 0 Å². The van der Waals surface area contributed by atoms with Crippen LogP contribution in [0.4, 0.5) is 0 Å². The molecule has 4 atom stereocenters. The van der Waals surface area contributed by atoms with Crippen molar-refractivity contribution in [3.63, 3.8) is 0 Å². The third-order valence-corrected chi connectivity index (χ3v) is 7.52. The van der Waals surface area contributed by atoms with Crippen molar-refractivity contribution in [3.05, 3.63) is 23.3 Å². The second-order valence-electron chi connectivity index (χ2n) is 9.03. The minimum atomic E-state index is -0.0412. The predicted octanol–water partition coefficient (Wildman–Crippen LogP) is 5.29. The molecule has 0 N–H and O–H groups in total. The van der Waals surface area contributed by atoms with E-state index in [1.54, 1.807) is 11.1 Å². The summed E-state index contributed by atoms with van der Waals surface area (Å²) in [6, 6.07) is 0. The first-order valence-electron chi connectivity index (χ1n) is 9.17. The van der Waals surface area contributed by atoms with Crippen molar-refractivity contribution in [1.29, 1.82) is 0 Å². The highest BCUT2D eigenvalue weighted by molar-refractivity contribution is 5.75. The number of hydrogen-bond acceptors (Lipinski definition) is 2. The van der Waals surface area contributed by atoms with E-state index in [0.717, 1.165) is 12.8 Å². The van der Waals surface area contributed by atoms with Gasteiger partial charge in [0.25, 0.3) is 0 Å². The van der Waals surface area contributed by atoms with E-state index < -0.39 is 0 Å². The Morgan fingerprint density at radius 3 is 2.48 bits per heavy atom. The summed E-state index contributed by atoms with van der Waals surface area (Å²) in [5.74, 6) is 0.176. The van der Waals surface area contributed by atoms with E-state index >= 15 is 0 Å². The summed E-state index contributed by atoms with van der Waals surface area (Å²) in [7, 11) is 1.53. The van der Waals surface area contributed by atoms with Gasteiger partial charge in [-0.15, -0.1) is 0 Å². The van der Waals surface area contributed by atoms with Crippen LogP contribution in [0.2, 0.25) is 0 Å². The van der Waals surface area contributed by atoms with E-state index in [4.69, 9.17) is 4.74 Å². The topological polar surface area (TPSA) is 26.3 Å². The molecule has 3 rings (SSSR count). The van der Waals surface area contributed by atoms with Crippen LogP contribution in [0.5, 0.6) is 0 Å². The Morgan fingerprint density at radius 2 is 1.83 bits per heavy atom. The fraction of sp³-hybridized carbons (Fsp3) is 0.762. The first-order chi connectivity index (χ1) is 10.7. The molecule has 0 aromatic heterocycles. The average Bonchev–Trinajstić information content (AvgIpc) is 2.48. The first kappa shape index (κ1) is 16.8. The molecule has 0 bridgehead atoms. The molecule has 23 heavy (non-hydrogen) atoms. The van der Waals surface area contributed by atoms with Gasteiger partial charge in [0.15, 0.2) is 0 Å². The molecule has 0 aromatic rings. The molecule has 128 valence electrons.